The molecule has 0 bridgehead atoms. The number of imidazole rings is 1. The van der Waals surface area contributed by atoms with Crippen molar-refractivity contribution in [2.45, 2.75) is 58.0 Å². The molecule has 2 aromatic rings. The van der Waals surface area contributed by atoms with Gasteiger partial charge in [-0.15, -0.1) is 24.0 Å². The predicted octanol–water partition coefficient (Wildman–Crippen LogP) is 3.59. The molecule has 24 heavy (non-hydrogen) atoms. The minimum Gasteiger partial charge on any atom is -0.370 e. The first-order valence-electron chi connectivity index (χ1n) is 8.72. The molecule has 0 atom stereocenters. The van der Waals surface area contributed by atoms with Crippen LogP contribution in [0.1, 0.15) is 44.3 Å². The highest BCUT2D eigenvalue weighted by Crippen LogP contribution is 2.17. The SMILES string of the molecule is Cc1nc2ccccc2n1CCCN=C(N)NC1CCCCC1.I. The zero-order valence-electron chi connectivity index (χ0n) is 14.4. The highest BCUT2D eigenvalue weighted by atomic mass is 127. The molecule has 0 saturated heterocycles. The van der Waals surface area contributed by atoms with Gasteiger partial charge in [0, 0.05) is 19.1 Å². The smallest absolute Gasteiger partial charge is 0.188 e. The minimum absolute atomic E-state index is 0. The molecule has 6 heteroatoms. The van der Waals surface area contributed by atoms with E-state index in [1.807, 2.05) is 6.07 Å². The van der Waals surface area contributed by atoms with Crippen LogP contribution in [-0.4, -0.2) is 28.1 Å². The third-order valence-electron chi connectivity index (χ3n) is 4.62. The second-order valence-electron chi connectivity index (χ2n) is 6.40. The summed E-state index contributed by atoms with van der Waals surface area (Å²) in [6.07, 6.45) is 7.37. The van der Waals surface area contributed by atoms with E-state index in [9.17, 15) is 0 Å². The number of nitrogens with one attached hydrogen (secondary N) is 1. The molecule has 0 unspecified atom stereocenters. The first-order chi connectivity index (χ1) is 11.2. The Bertz CT molecular complexity index is 673. The molecule has 1 aliphatic rings. The number of aliphatic imine (C=N–C) groups is 1. The lowest BCUT2D eigenvalue weighted by molar-refractivity contribution is 0.412. The Morgan fingerprint density at radius 1 is 1.29 bits per heavy atom. The van der Waals surface area contributed by atoms with Crippen molar-refractivity contribution in [2.24, 2.45) is 10.7 Å². The van der Waals surface area contributed by atoms with Crippen molar-refractivity contribution < 1.29 is 0 Å². The van der Waals surface area contributed by atoms with Gasteiger partial charge in [0.15, 0.2) is 5.96 Å². The molecular weight excluding hydrogens is 413 g/mol. The number of fused-ring (bicyclic) bond motifs is 1. The highest BCUT2D eigenvalue weighted by molar-refractivity contribution is 14.0. The van der Waals surface area contributed by atoms with Crippen LogP contribution in [0, 0.1) is 6.92 Å². The molecule has 3 rings (SSSR count). The van der Waals surface area contributed by atoms with Crippen molar-refractivity contribution in [1.29, 1.82) is 0 Å². The molecule has 0 amide bonds. The Kier molecular flexibility index (Phi) is 7.33. The van der Waals surface area contributed by atoms with Crippen LogP contribution in [0.2, 0.25) is 0 Å². The van der Waals surface area contributed by atoms with E-state index >= 15 is 0 Å². The van der Waals surface area contributed by atoms with Gasteiger partial charge in [-0.05, 0) is 38.3 Å². The molecule has 1 fully saturated rings. The van der Waals surface area contributed by atoms with Crippen molar-refractivity contribution in [3.63, 3.8) is 0 Å². The first-order valence-corrected chi connectivity index (χ1v) is 8.72. The number of hydrogen-bond donors (Lipinski definition) is 2. The van der Waals surface area contributed by atoms with E-state index in [2.05, 4.69) is 45.0 Å². The Labute approximate surface area is 161 Å². The summed E-state index contributed by atoms with van der Waals surface area (Å²) in [5.74, 6) is 1.66. The highest BCUT2D eigenvalue weighted by Gasteiger charge is 2.13. The number of benzene rings is 1. The second kappa shape index (κ2) is 9.25. The molecule has 132 valence electrons. The fraction of sp³-hybridized carbons (Fsp3) is 0.556. The van der Waals surface area contributed by atoms with Crippen molar-refractivity contribution in [1.82, 2.24) is 14.9 Å². The lowest BCUT2D eigenvalue weighted by atomic mass is 9.96. The summed E-state index contributed by atoms with van der Waals surface area (Å²) in [5, 5.41) is 3.36. The summed E-state index contributed by atoms with van der Waals surface area (Å²) in [7, 11) is 0. The molecule has 5 nitrogen and oxygen atoms in total. The lowest BCUT2D eigenvalue weighted by Gasteiger charge is -2.23. The Morgan fingerprint density at radius 2 is 2.04 bits per heavy atom. The number of para-hydroxylation sites is 2. The van der Waals surface area contributed by atoms with E-state index in [0.29, 0.717) is 12.0 Å². The summed E-state index contributed by atoms with van der Waals surface area (Å²) in [6, 6.07) is 8.79. The van der Waals surface area contributed by atoms with Crippen LogP contribution in [-0.2, 0) is 6.54 Å². The lowest BCUT2D eigenvalue weighted by Crippen LogP contribution is -2.41. The average Bonchev–Trinajstić information content (AvgIpc) is 2.88. The fourth-order valence-corrected chi connectivity index (χ4v) is 3.41. The van der Waals surface area contributed by atoms with E-state index in [4.69, 9.17) is 5.73 Å². The van der Waals surface area contributed by atoms with Gasteiger partial charge in [0.1, 0.15) is 5.82 Å². The zero-order valence-corrected chi connectivity index (χ0v) is 16.7. The monoisotopic (exact) mass is 441 g/mol. The average molecular weight is 441 g/mol. The molecule has 1 saturated carbocycles. The van der Waals surface area contributed by atoms with E-state index in [-0.39, 0.29) is 24.0 Å². The Balaban J connectivity index is 0.00000208. The maximum atomic E-state index is 6.00. The zero-order chi connectivity index (χ0) is 16.1. The van der Waals surface area contributed by atoms with Gasteiger partial charge in [-0.2, -0.15) is 0 Å². The van der Waals surface area contributed by atoms with Crippen LogP contribution in [0.3, 0.4) is 0 Å². The van der Waals surface area contributed by atoms with Crippen molar-refractivity contribution in [3.05, 3.63) is 30.1 Å². The van der Waals surface area contributed by atoms with Gasteiger partial charge in [-0.1, -0.05) is 31.4 Å². The van der Waals surface area contributed by atoms with Gasteiger partial charge >= 0.3 is 0 Å². The number of hydrogen-bond acceptors (Lipinski definition) is 2. The third kappa shape index (κ3) is 4.84. The summed E-state index contributed by atoms with van der Waals surface area (Å²) in [4.78, 5) is 9.07. The number of halogens is 1. The fourth-order valence-electron chi connectivity index (χ4n) is 3.41. The van der Waals surface area contributed by atoms with E-state index in [1.54, 1.807) is 0 Å². The summed E-state index contributed by atoms with van der Waals surface area (Å²) < 4.78 is 2.26. The van der Waals surface area contributed by atoms with Crippen LogP contribution < -0.4 is 11.1 Å². The van der Waals surface area contributed by atoms with E-state index in [0.717, 1.165) is 30.9 Å². The maximum absolute atomic E-state index is 6.00. The normalized spacial score (nSPS) is 16.1. The molecule has 1 aromatic carbocycles. The van der Waals surface area contributed by atoms with Crippen LogP contribution in [0.15, 0.2) is 29.3 Å². The van der Waals surface area contributed by atoms with Crippen LogP contribution in [0.5, 0.6) is 0 Å². The van der Waals surface area contributed by atoms with Crippen molar-refractivity contribution in [2.75, 3.05) is 6.54 Å². The van der Waals surface area contributed by atoms with Crippen LogP contribution in [0.4, 0.5) is 0 Å². The van der Waals surface area contributed by atoms with Gasteiger partial charge in [0.2, 0.25) is 0 Å². The van der Waals surface area contributed by atoms with Gasteiger partial charge < -0.3 is 15.6 Å². The van der Waals surface area contributed by atoms with Gasteiger partial charge in [0.05, 0.1) is 11.0 Å². The molecule has 1 aliphatic carbocycles. The molecule has 0 radical (unpaired) electrons. The number of aromatic nitrogens is 2. The van der Waals surface area contributed by atoms with Gasteiger partial charge in [-0.3, -0.25) is 4.99 Å². The number of nitrogens with zero attached hydrogens (tertiary/aromatic N) is 3. The van der Waals surface area contributed by atoms with E-state index < -0.39 is 0 Å². The summed E-state index contributed by atoms with van der Waals surface area (Å²) in [5.41, 5.74) is 8.26. The number of nitrogens with two attached hydrogens (primary N) is 1. The molecule has 1 aromatic heterocycles. The molecular formula is C18H28IN5. The van der Waals surface area contributed by atoms with Crippen molar-refractivity contribution in [3.8, 4) is 0 Å². The second-order valence-corrected chi connectivity index (χ2v) is 6.40. The largest absolute Gasteiger partial charge is 0.370 e. The van der Waals surface area contributed by atoms with E-state index in [1.165, 1.54) is 37.6 Å². The molecule has 3 N–H and O–H groups in total. The van der Waals surface area contributed by atoms with Gasteiger partial charge in [0.25, 0.3) is 0 Å². The standard InChI is InChI=1S/C18H27N5.HI/c1-14-21-16-10-5-6-11-17(16)23(14)13-7-12-20-18(19)22-15-8-3-2-4-9-15;/h5-6,10-11,15H,2-4,7-9,12-13H2,1H3,(H3,19,20,22);1H. The Morgan fingerprint density at radius 3 is 2.83 bits per heavy atom. The van der Waals surface area contributed by atoms with Crippen molar-refractivity contribution >= 4 is 41.0 Å². The van der Waals surface area contributed by atoms with Gasteiger partial charge in [-0.25, -0.2) is 4.98 Å². The summed E-state index contributed by atoms with van der Waals surface area (Å²) >= 11 is 0. The molecule has 1 heterocycles. The Hall–Kier alpha value is -1.31. The quantitative estimate of drug-likeness (QED) is 0.323. The first kappa shape index (κ1) is 19.0. The van der Waals surface area contributed by atoms with Crippen LogP contribution >= 0.6 is 24.0 Å². The summed E-state index contributed by atoms with van der Waals surface area (Å²) in [6.45, 7) is 3.73. The molecule has 0 spiro atoms. The number of rotatable bonds is 5. The third-order valence-corrected chi connectivity index (χ3v) is 4.62. The minimum atomic E-state index is 0. The number of aryl methyl sites for hydroxylation is 2. The predicted molar refractivity (Wildman–Crippen MR) is 111 cm³/mol. The number of guanidine groups is 1. The topological polar surface area (TPSA) is 68.2 Å². The maximum Gasteiger partial charge on any atom is 0.188 e. The van der Waals surface area contributed by atoms with Crippen LogP contribution in [0.25, 0.3) is 11.0 Å². The molecule has 0 aliphatic heterocycles.